The van der Waals surface area contributed by atoms with E-state index in [2.05, 4.69) is 6.07 Å². The third kappa shape index (κ3) is 3.54. The topological polar surface area (TPSA) is 37.3 Å². The molecular weight excluding hydrogens is 369 g/mol. The maximum Gasteiger partial charge on any atom is 0.345 e. The number of carboxylic acids is 1. The molecule has 2 nitrogen and oxygen atoms in total. The zero-order chi connectivity index (χ0) is 14.8. The summed E-state index contributed by atoms with van der Waals surface area (Å²) in [5, 5.41) is 9.26. The van der Waals surface area contributed by atoms with E-state index >= 15 is 0 Å². The van der Waals surface area contributed by atoms with E-state index in [1.165, 1.54) is 16.9 Å². The second-order valence-corrected chi connectivity index (χ2v) is 5.87. The van der Waals surface area contributed by atoms with Crippen LogP contribution in [0.2, 0.25) is 0 Å². The Kier molecular flexibility index (Phi) is 5.68. The van der Waals surface area contributed by atoms with Crippen LogP contribution in [-0.4, -0.2) is 11.1 Å². The van der Waals surface area contributed by atoms with Crippen LogP contribution < -0.4 is 0 Å². The van der Waals surface area contributed by atoms with Gasteiger partial charge in [-0.3, -0.25) is 0 Å². The van der Waals surface area contributed by atoms with Gasteiger partial charge >= 0.3 is 5.97 Å². The van der Waals surface area contributed by atoms with Gasteiger partial charge in [-0.05, 0) is 24.1 Å². The first-order valence-electron chi connectivity index (χ1n) is 6.56. The third-order valence-electron chi connectivity index (χ3n) is 3.29. The zero-order valence-corrected chi connectivity index (χ0v) is 15.7. The molecule has 0 saturated heterocycles. The molecule has 1 radical (unpaired) electrons. The number of benzene rings is 2. The van der Waals surface area contributed by atoms with E-state index in [0.29, 0.717) is 4.88 Å². The number of carboxylic acid groups (broad SMARTS) is 1. The minimum atomic E-state index is -0.887. The minimum absolute atomic E-state index is 0. The Morgan fingerprint density at radius 1 is 1.05 bits per heavy atom. The van der Waals surface area contributed by atoms with Crippen LogP contribution >= 0.6 is 11.3 Å². The molecule has 0 aliphatic carbocycles. The molecule has 22 heavy (non-hydrogen) atoms. The second kappa shape index (κ2) is 7.32. The Morgan fingerprint density at radius 2 is 1.68 bits per heavy atom. The molecule has 1 N–H and O–H groups in total. The average molecular weight is 382 g/mol. The van der Waals surface area contributed by atoms with Crippen LogP contribution in [0.25, 0.3) is 21.6 Å². The van der Waals surface area contributed by atoms with Crippen molar-refractivity contribution in [3.05, 3.63) is 71.1 Å². The fourth-order valence-corrected chi connectivity index (χ4v) is 3.22. The van der Waals surface area contributed by atoms with E-state index in [4.69, 9.17) is 0 Å². The van der Waals surface area contributed by atoms with E-state index in [1.54, 1.807) is 6.07 Å². The standard InChI is InChI=1S/C18H13O2S.Y/c1-12-7-9-13(10-8-12)15-11-16(18(19)20)21-17(15)14-5-3-2-4-6-14;/h3-11H,1H3,(H,19,20);/q-1;. The van der Waals surface area contributed by atoms with Crippen LogP contribution in [-0.2, 0) is 32.7 Å². The van der Waals surface area contributed by atoms with Crippen LogP contribution in [0.3, 0.4) is 0 Å². The molecule has 0 atom stereocenters. The summed E-state index contributed by atoms with van der Waals surface area (Å²) < 4.78 is 0. The molecule has 0 fully saturated rings. The van der Waals surface area contributed by atoms with E-state index < -0.39 is 5.97 Å². The van der Waals surface area contributed by atoms with Gasteiger partial charge in [0.15, 0.2) is 0 Å². The Bertz CT molecular complexity index is 777. The van der Waals surface area contributed by atoms with E-state index in [1.807, 2.05) is 55.5 Å². The van der Waals surface area contributed by atoms with Crippen molar-refractivity contribution in [2.45, 2.75) is 6.92 Å². The summed E-state index contributed by atoms with van der Waals surface area (Å²) in [5.41, 5.74) is 4.20. The maximum absolute atomic E-state index is 11.3. The van der Waals surface area contributed by atoms with Crippen molar-refractivity contribution in [1.82, 2.24) is 0 Å². The van der Waals surface area contributed by atoms with E-state index in [-0.39, 0.29) is 32.7 Å². The molecule has 107 valence electrons. The van der Waals surface area contributed by atoms with Gasteiger partial charge in [-0.15, -0.1) is 16.9 Å². The maximum atomic E-state index is 11.3. The van der Waals surface area contributed by atoms with Crippen LogP contribution in [0.15, 0.2) is 54.6 Å². The zero-order valence-electron chi connectivity index (χ0n) is 12.0. The van der Waals surface area contributed by atoms with Gasteiger partial charge in [0.2, 0.25) is 0 Å². The van der Waals surface area contributed by atoms with Gasteiger partial charge in [-0.2, -0.15) is 30.3 Å². The largest absolute Gasteiger partial charge is 0.477 e. The molecule has 0 saturated carbocycles. The van der Waals surface area contributed by atoms with Crippen molar-refractivity contribution in [2.75, 3.05) is 0 Å². The molecule has 0 aliphatic rings. The van der Waals surface area contributed by atoms with Crippen molar-refractivity contribution in [1.29, 1.82) is 0 Å². The Morgan fingerprint density at radius 3 is 2.27 bits per heavy atom. The number of aryl methyl sites for hydroxylation is 1. The van der Waals surface area contributed by atoms with Crippen molar-refractivity contribution >= 4 is 17.3 Å². The monoisotopic (exact) mass is 382 g/mol. The van der Waals surface area contributed by atoms with Crippen molar-refractivity contribution in [3.63, 3.8) is 0 Å². The number of hydrogen-bond donors (Lipinski definition) is 1. The summed E-state index contributed by atoms with van der Waals surface area (Å²) in [6, 6.07) is 20.5. The van der Waals surface area contributed by atoms with Gasteiger partial charge < -0.3 is 5.11 Å². The molecule has 1 aromatic heterocycles. The fraction of sp³-hybridized carbons (Fsp3) is 0.0556. The van der Waals surface area contributed by atoms with Gasteiger partial charge in [0.05, 0.1) is 0 Å². The van der Waals surface area contributed by atoms with E-state index in [0.717, 1.165) is 21.6 Å². The number of thiophene rings is 1. The SMILES string of the molecule is Cc1ccc(-c2cc(C(=O)O)sc2-c2cc[c-]cc2)cc1.[Y]. The molecule has 0 bridgehead atoms. The predicted octanol–water partition coefficient (Wildman–Crippen LogP) is 4.89. The summed E-state index contributed by atoms with van der Waals surface area (Å²) in [5.74, 6) is -0.887. The predicted molar refractivity (Wildman–Crippen MR) is 85.7 cm³/mol. The average Bonchev–Trinajstić information content (AvgIpc) is 2.94. The Labute approximate surface area is 158 Å². The van der Waals surface area contributed by atoms with Crippen LogP contribution in [0.5, 0.6) is 0 Å². The summed E-state index contributed by atoms with van der Waals surface area (Å²) >= 11 is 1.31. The Hall–Kier alpha value is -1.29. The molecule has 2 aromatic carbocycles. The van der Waals surface area contributed by atoms with Gasteiger partial charge in [0.25, 0.3) is 0 Å². The summed E-state index contributed by atoms with van der Waals surface area (Å²) in [6.45, 7) is 2.04. The first kappa shape index (κ1) is 17.1. The summed E-state index contributed by atoms with van der Waals surface area (Å²) in [4.78, 5) is 12.6. The van der Waals surface area contributed by atoms with Crippen molar-refractivity contribution < 1.29 is 42.6 Å². The molecule has 1 heterocycles. The first-order valence-corrected chi connectivity index (χ1v) is 7.37. The number of hydrogen-bond acceptors (Lipinski definition) is 2. The third-order valence-corrected chi connectivity index (χ3v) is 4.46. The van der Waals surface area contributed by atoms with Gasteiger partial charge in [-0.25, -0.2) is 4.79 Å². The van der Waals surface area contributed by atoms with Crippen LogP contribution in [0.4, 0.5) is 0 Å². The quantitative estimate of drug-likeness (QED) is 0.656. The van der Waals surface area contributed by atoms with Gasteiger partial charge in [-0.1, -0.05) is 29.8 Å². The molecule has 0 amide bonds. The smallest absolute Gasteiger partial charge is 0.345 e. The molecule has 3 rings (SSSR count). The van der Waals surface area contributed by atoms with Crippen LogP contribution in [0, 0.1) is 13.0 Å². The first-order chi connectivity index (χ1) is 10.1. The fourth-order valence-electron chi connectivity index (χ4n) is 2.20. The van der Waals surface area contributed by atoms with Gasteiger partial charge in [0.1, 0.15) is 4.88 Å². The number of rotatable bonds is 3. The number of carbonyl (C=O) groups is 1. The molecule has 0 spiro atoms. The normalized spacial score (nSPS) is 10.0. The molecule has 0 aliphatic heterocycles. The van der Waals surface area contributed by atoms with Crippen molar-refractivity contribution in [2.24, 2.45) is 0 Å². The Balaban J connectivity index is 0.00000176. The van der Waals surface area contributed by atoms with E-state index in [9.17, 15) is 9.90 Å². The second-order valence-electron chi connectivity index (χ2n) is 4.81. The van der Waals surface area contributed by atoms with Gasteiger partial charge in [0, 0.05) is 37.6 Å². The summed E-state index contributed by atoms with van der Waals surface area (Å²) in [7, 11) is 0. The minimum Gasteiger partial charge on any atom is -0.477 e. The molecule has 4 heteroatoms. The molecule has 0 unspecified atom stereocenters. The molecular formula is C18H13O2SY-. The molecule has 3 aromatic rings. The summed E-state index contributed by atoms with van der Waals surface area (Å²) in [6.07, 6.45) is 0. The number of aromatic carboxylic acids is 1. The van der Waals surface area contributed by atoms with Crippen molar-refractivity contribution in [3.8, 4) is 21.6 Å². The van der Waals surface area contributed by atoms with Crippen LogP contribution in [0.1, 0.15) is 15.2 Å².